The predicted octanol–water partition coefficient (Wildman–Crippen LogP) is 4.62. The molecule has 102 valence electrons. The van der Waals surface area contributed by atoms with E-state index in [-0.39, 0.29) is 0 Å². The molecule has 2 heteroatoms. The monoisotopic (exact) mass is 272 g/mol. The van der Waals surface area contributed by atoms with Crippen molar-refractivity contribution in [1.29, 1.82) is 0 Å². The second-order valence-corrected chi connectivity index (χ2v) is 4.84. The Hall–Kier alpha value is -2.74. The number of hydrogen-bond donors (Lipinski definition) is 0. The summed E-state index contributed by atoms with van der Waals surface area (Å²) in [6.45, 7) is 1.99. The molecule has 0 aliphatic rings. The van der Waals surface area contributed by atoms with E-state index in [1.54, 1.807) is 0 Å². The van der Waals surface area contributed by atoms with Crippen molar-refractivity contribution in [2.24, 2.45) is 0 Å². The van der Waals surface area contributed by atoms with Gasteiger partial charge in [0.2, 0.25) is 0 Å². The van der Waals surface area contributed by atoms with Crippen LogP contribution in [0.1, 0.15) is 17.0 Å². The van der Waals surface area contributed by atoms with Crippen LogP contribution in [0, 0.1) is 6.92 Å². The molecule has 21 heavy (non-hydrogen) atoms. The van der Waals surface area contributed by atoms with Crippen molar-refractivity contribution in [2.75, 3.05) is 0 Å². The lowest BCUT2D eigenvalue weighted by atomic mass is 10.1. The Labute approximate surface area is 124 Å². The van der Waals surface area contributed by atoms with Crippen LogP contribution in [0.4, 0.5) is 0 Å². The van der Waals surface area contributed by atoms with E-state index in [9.17, 15) is 0 Å². The Morgan fingerprint density at radius 1 is 0.810 bits per heavy atom. The van der Waals surface area contributed by atoms with E-state index < -0.39 is 0 Å². The fourth-order valence-electron chi connectivity index (χ4n) is 2.14. The second-order valence-electron chi connectivity index (χ2n) is 4.84. The molecule has 2 nitrogen and oxygen atoms in total. The molecule has 0 unspecified atom stereocenters. The number of aryl methyl sites for hydroxylation is 1. The van der Waals surface area contributed by atoms with Crippen molar-refractivity contribution in [3.63, 3.8) is 0 Å². The van der Waals surface area contributed by atoms with E-state index >= 15 is 0 Å². The van der Waals surface area contributed by atoms with Gasteiger partial charge in [-0.1, -0.05) is 66.7 Å². The van der Waals surface area contributed by atoms with Gasteiger partial charge < -0.3 is 0 Å². The summed E-state index contributed by atoms with van der Waals surface area (Å²) in [5.41, 5.74) is 4.99. The zero-order valence-electron chi connectivity index (χ0n) is 11.9. The normalized spacial score (nSPS) is 10.9. The summed E-state index contributed by atoms with van der Waals surface area (Å²) in [5.74, 6) is 0. The van der Waals surface area contributed by atoms with Gasteiger partial charge >= 0.3 is 0 Å². The predicted molar refractivity (Wildman–Crippen MR) is 87.6 cm³/mol. The standard InChI is InChI=1S/C19H16N2/c1-15-18(13-12-16-8-4-2-5-9-16)20-14-19(21-15)17-10-6-3-7-11-17/h2-14H,1H3/b13-12+. The molecule has 2 aromatic carbocycles. The number of hydrogen-bond acceptors (Lipinski definition) is 2. The van der Waals surface area contributed by atoms with Crippen LogP contribution in [0.5, 0.6) is 0 Å². The number of aromatic nitrogens is 2. The average Bonchev–Trinajstić information content (AvgIpc) is 2.55. The topological polar surface area (TPSA) is 25.8 Å². The highest BCUT2D eigenvalue weighted by Gasteiger charge is 2.02. The third kappa shape index (κ3) is 3.23. The van der Waals surface area contributed by atoms with E-state index in [2.05, 4.69) is 28.2 Å². The Balaban J connectivity index is 1.87. The summed E-state index contributed by atoms with van der Waals surface area (Å²) in [6.07, 6.45) is 5.89. The van der Waals surface area contributed by atoms with Crippen LogP contribution in [0.15, 0.2) is 66.9 Å². The molecule has 0 aliphatic carbocycles. The fourth-order valence-corrected chi connectivity index (χ4v) is 2.14. The third-order valence-electron chi connectivity index (χ3n) is 3.29. The minimum atomic E-state index is 0.901. The Morgan fingerprint density at radius 3 is 2.14 bits per heavy atom. The van der Waals surface area contributed by atoms with E-state index in [0.29, 0.717) is 0 Å². The van der Waals surface area contributed by atoms with Crippen LogP contribution in [0.2, 0.25) is 0 Å². The summed E-state index contributed by atoms with van der Waals surface area (Å²) in [5, 5.41) is 0. The van der Waals surface area contributed by atoms with E-state index in [1.165, 1.54) is 0 Å². The minimum absolute atomic E-state index is 0.901. The van der Waals surface area contributed by atoms with Crippen molar-refractivity contribution >= 4 is 12.2 Å². The zero-order chi connectivity index (χ0) is 14.5. The van der Waals surface area contributed by atoms with E-state index in [4.69, 9.17) is 0 Å². The molecule has 0 bridgehead atoms. The lowest BCUT2D eigenvalue weighted by Gasteiger charge is -2.04. The maximum Gasteiger partial charge on any atom is 0.0888 e. The van der Waals surface area contributed by atoms with E-state index in [1.807, 2.05) is 67.7 Å². The van der Waals surface area contributed by atoms with Crippen LogP contribution >= 0.6 is 0 Å². The summed E-state index contributed by atoms with van der Waals surface area (Å²) in [6, 6.07) is 20.3. The molecule has 0 amide bonds. The Bertz CT molecular complexity index is 747. The molecule has 0 saturated heterocycles. The van der Waals surface area contributed by atoms with Crippen LogP contribution in [0.3, 0.4) is 0 Å². The molecular weight excluding hydrogens is 256 g/mol. The summed E-state index contributed by atoms with van der Waals surface area (Å²) in [7, 11) is 0. The molecule has 3 aromatic rings. The highest BCUT2D eigenvalue weighted by atomic mass is 14.8. The van der Waals surface area contributed by atoms with Gasteiger partial charge in [-0.3, -0.25) is 4.98 Å². The first kappa shape index (κ1) is 13.3. The molecular formula is C19H16N2. The summed E-state index contributed by atoms with van der Waals surface area (Å²) < 4.78 is 0. The molecule has 1 aromatic heterocycles. The van der Waals surface area contributed by atoms with Crippen molar-refractivity contribution in [1.82, 2.24) is 9.97 Å². The summed E-state index contributed by atoms with van der Waals surface area (Å²) in [4.78, 5) is 9.16. The highest BCUT2D eigenvalue weighted by Crippen LogP contribution is 2.17. The largest absolute Gasteiger partial charge is 0.253 e. The number of rotatable bonds is 3. The fraction of sp³-hybridized carbons (Fsp3) is 0.0526. The van der Waals surface area contributed by atoms with Crippen LogP contribution in [-0.4, -0.2) is 9.97 Å². The molecule has 0 N–H and O–H groups in total. The lowest BCUT2D eigenvalue weighted by molar-refractivity contribution is 1.10. The quantitative estimate of drug-likeness (QED) is 0.695. The maximum absolute atomic E-state index is 4.64. The van der Waals surface area contributed by atoms with Crippen molar-refractivity contribution in [2.45, 2.75) is 6.92 Å². The van der Waals surface area contributed by atoms with Crippen molar-refractivity contribution in [3.05, 3.63) is 83.8 Å². The van der Waals surface area contributed by atoms with Gasteiger partial charge in [-0.15, -0.1) is 0 Å². The van der Waals surface area contributed by atoms with E-state index in [0.717, 1.165) is 28.2 Å². The molecule has 3 rings (SSSR count). The molecule has 0 spiro atoms. The van der Waals surface area contributed by atoms with Gasteiger partial charge in [-0.25, -0.2) is 4.98 Å². The molecule has 0 aliphatic heterocycles. The first-order valence-corrected chi connectivity index (χ1v) is 6.95. The maximum atomic E-state index is 4.64. The van der Waals surface area contributed by atoms with Gasteiger partial charge in [0.1, 0.15) is 0 Å². The van der Waals surface area contributed by atoms with Gasteiger partial charge in [0.05, 0.1) is 23.3 Å². The number of nitrogens with zero attached hydrogens (tertiary/aromatic N) is 2. The van der Waals surface area contributed by atoms with Crippen molar-refractivity contribution < 1.29 is 0 Å². The first-order chi connectivity index (χ1) is 10.3. The Kier molecular flexibility index (Phi) is 3.88. The molecule has 0 fully saturated rings. The van der Waals surface area contributed by atoms with Crippen LogP contribution < -0.4 is 0 Å². The SMILES string of the molecule is Cc1nc(-c2ccccc2)cnc1/C=C/c1ccccc1. The van der Waals surface area contributed by atoms with Crippen molar-refractivity contribution in [3.8, 4) is 11.3 Å². The molecule has 0 radical (unpaired) electrons. The smallest absolute Gasteiger partial charge is 0.0888 e. The molecule has 0 saturated carbocycles. The van der Waals surface area contributed by atoms with Crippen LogP contribution in [-0.2, 0) is 0 Å². The number of benzene rings is 2. The van der Waals surface area contributed by atoms with Gasteiger partial charge in [-0.2, -0.15) is 0 Å². The third-order valence-corrected chi connectivity index (χ3v) is 3.29. The van der Waals surface area contributed by atoms with Gasteiger partial charge in [0.15, 0.2) is 0 Å². The molecule has 1 heterocycles. The Morgan fingerprint density at radius 2 is 1.48 bits per heavy atom. The van der Waals surface area contributed by atoms with Crippen LogP contribution in [0.25, 0.3) is 23.4 Å². The van der Waals surface area contributed by atoms with Gasteiger partial charge in [0, 0.05) is 5.56 Å². The zero-order valence-corrected chi connectivity index (χ0v) is 11.9. The second kappa shape index (κ2) is 6.14. The molecule has 0 atom stereocenters. The first-order valence-electron chi connectivity index (χ1n) is 6.95. The summed E-state index contributed by atoms with van der Waals surface area (Å²) >= 11 is 0. The lowest BCUT2D eigenvalue weighted by Crippen LogP contribution is -1.94. The average molecular weight is 272 g/mol. The minimum Gasteiger partial charge on any atom is -0.253 e. The van der Waals surface area contributed by atoms with Gasteiger partial charge in [0.25, 0.3) is 0 Å². The highest BCUT2D eigenvalue weighted by molar-refractivity contribution is 5.69. The van der Waals surface area contributed by atoms with Gasteiger partial charge in [-0.05, 0) is 18.6 Å².